The van der Waals surface area contributed by atoms with Crippen LogP contribution >= 0.6 is 0 Å². The Hall–Kier alpha value is -2.45. The number of nitrogens with one attached hydrogen (secondary N) is 1. The average molecular weight is 271 g/mol. The molecule has 1 aliphatic heterocycles. The number of hydrogen-bond donors (Lipinski definition) is 1. The number of urea groups is 1. The lowest BCUT2D eigenvalue weighted by Gasteiger charge is -2.17. The molecular weight excluding hydrogens is 258 g/mol. The molecule has 104 valence electrons. The summed E-state index contributed by atoms with van der Waals surface area (Å²) in [5, 5.41) is 1.78. The van der Waals surface area contributed by atoms with Gasteiger partial charge in [0.25, 0.3) is 0 Å². The van der Waals surface area contributed by atoms with Gasteiger partial charge < -0.3 is 4.74 Å². The fraction of sp³-hybridized carbons (Fsp3) is 0.500. The van der Waals surface area contributed by atoms with Crippen LogP contribution in [0.3, 0.4) is 0 Å². The largest absolute Gasteiger partial charge is 0.453 e. The van der Waals surface area contributed by atoms with E-state index in [-0.39, 0.29) is 0 Å². The Morgan fingerprint density at radius 1 is 1.21 bits per heavy atom. The predicted octanol–water partition coefficient (Wildman–Crippen LogP) is -0.932. The molecule has 1 aliphatic rings. The highest BCUT2D eigenvalue weighted by atomic mass is 16.5. The number of amides is 6. The van der Waals surface area contributed by atoms with E-state index < -0.39 is 42.4 Å². The first-order valence-electron chi connectivity index (χ1n) is 5.36. The third kappa shape index (κ3) is 2.87. The second-order valence-electron chi connectivity index (χ2n) is 3.98. The molecule has 0 aromatic carbocycles. The summed E-state index contributed by atoms with van der Waals surface area (Å²) in [6.07, 6.45) is -1.02. The standard InChI is InChI=1S/C10H13N3O6/c1-5(2)13-8(16)7(15)12(10(13)18)4-6(14)11-9(17)19-3/h5H,4H2,1-3H3,(H,11,14,17). The van der Waals surface area contributed by atoms with E-state index in [2.05, 4.69) is 4.74 Å². The zero-order valence-corrected chi connectivity index (χ0v) is 10.6. The van der Waals surface area contributed by atoms with Crippen LogP contribution in [0.2, 0.25) is 0 Å². The summed E-state index contributed by atoms with van der Waals surface area (Å²) in [5.74, 6) is -3.02. The molecule has 0 radical (unpaired) electrons. The molecule has 0 bridgehead atoms. The van der Waals surface area contributed by atoms with Crippen molar-refractivity contribution >= 4 is 29.8 Å². The molecule has 0 spiro atoms. The smallest absolute Gasteiger partial charge is 0.413 e. The van der Waals surface area contributed by atoms with E-state index in [4.69, 9.17) is 0 Å². The van der Waals surface area contributed by atoms with Crippen LogP contribution in [0.25, 0.3) is 0 Å². The highest BCUT2D eigenvalue weighted by Gasteiger charge is 2.46. The third-order valence-corrected chi connectivity index (χ3v) is 2.33. The van der Waals surface area contributed by atoms with Gasteiger partial charge in [-0.25, -0.2) is 14.5 Å². The number of carbonyl (C=O) groups excluding carboxylic acids is 5. The van der Waals surface area contributed by atoms with Crippen LogP contribution in [-0.2, 0) is 19.1 Å². The van der Waals surface area contributed by atoms with Gasteiger partial charge in [-0.2, -0.15) is 0 Å². The minimum Gasteiger partial charge on any atom is -0.453 e. The monoisotopic (exact) mass is 271 g/mol. The lowest BCUT2D eigenvalue weighted by atomic mass is 10.3. The third-order valence-electron chi connectivity index (χ3n) is 2.33. The fourth-order valence-electron chi connectivity index (χ4n) is 1.47. The highest BCUT2D eigenvalue weighted by molar-refractivity contribution is 6.45. The molecule has 0 aromatic rings. The number of alkyl carbamates (subject to hydrolysis) is 1. The Balaban J connectivity index is 2.77. The molecule has 1 heterocycles. The normalized spacial score (nSPS) is 15.3. The molecule has 1 N–H and O–H groups in total. The molecule has 6 amide bonds. The van der Waals surface area contributed by atoms with Crippen molar-refractivity contribution in [3.8, 4) is 0 Å². The molecule has 0 unspecified atom stereocenters. The minimum atomic E-state index is -1.10. The Labute approximate surface area is 108 Å². The van der Waals surface area contributed by atoms with Gasteiger partial charge in [0.05, 0.1) is 7.11 Å². The number of hydrogen-bond acceptors (Lipinski definition) is 6. The van der Waals surface area contributed by atoms with Gasteiger partial charge >= 0.3 is 23.9 Å². The van der Waals surface area contributed by atoms with Gasteiger partial charge in [-0.3, -0.25) is 24.6 Å². The molecule has 0 atom stereocenters. The predicted molar refractivity (Wildman–Crippen MR) is 59.6 cm³/mol. The first-order chi connectivity index (χ1) is 8.79. The maximum atomic E-state index is 11.8. The summed E-state index contributed by atoms with van der Waals surface area (Å²) in [6, 6.07) is -1.39. The lowest BCUT2D eigenvalue weighted by molar-refractivity contribution is -0.144. The summed E-state index contributed by atoms with van der Waals surface area (Å²) in [6.45, 7) is 2.39. The van der Waals surface area contributed by atoms with Gasteiger partial charge in [0, 0.05) is 6.04 Å². The maximum Gasteiger partial charge on any atom is 0.413 e. The van der Waals surface area contributed by atoms with E-state index in [1.165, 1.54) is 0 Å². The van der Waals surface area contributed by atoms with Crippen molar-refractivity contribution in [3.05, 3.63) is 0 Å². The summed E-state index contributed by atoms with van der Waals surface area (Å²) in [5.41, 5.74) is 0. The van der Waals surface area contributed by atoms with Crippen molar-refractivity contribution in [2.24, 2.45) is 0 Å². The highest BCUT2D eigenvalue weighted by Crippen LogP contribution is 2.14. The Morgan fingerprint density at radius 2 is 1.79 bits per heavy atom. The quantitative estimate of drug-likeness (QED) is 0.524. The molecular formula is C10H13N3O6. The zero-order valence-electron chi connectivity index (χ0n) is 10.6. The first kappa shape index (κ1) is 14.6. The van der Waals surface area contributed by atoms with Crippen LogP contribution in [0.4, 0.5) is 9.59 Å². The fourth-order valence-corrected chi connectivity index (χ4v) is 1.47. The molecule has 1 saturated heterocycles. The Bertz CT molecular complexity index is 458. The van der Waals surface area contributed by atoms with E-state index in [1.54, 1.807) is 19.2 Å². The average Bonchev–Trinajstić information content (AvgIpc) is 2.53. The maximum absolute atomic E-state index is 11.8. The van der Waals surface area contributed by atoms with Crippen LogP contribution < -0.4 is 5.32 Å². The van der Waals surface area contributed by atoms with Crippen LogP contribution in [0.5, 0.6) is 0 Å². The van der Waals surface area contributed by atoms with Gasteiger partial charge in [0.1, 0.15) is 6.54 Å². The van der Waals surface area contributed by atoms with Crippen LogP contribution in [0, 0.1) is 0 Å². The van der Waals surface area contributed by atoms with E-state index in [0.29, 0.717) is 4.90 Å². The molecule has 0 saturated carbocycles. The van der Waals surface area contributed by atoms with Crippen molar-refractivity contribution in [1.29, 1.82) is 0 Å². The molecule has 19 heavy (non-hydrogen) atoms. The molecule has 9 nitrogen and oxygen atoms in total. The number of carbonyl (C=O) groups is 5. The van der Waals surface area contributed by atoms with Crippen LogP contribution in [0.15, 0.2) is 0 Å². The SMILES string of the molecule is COC(=O)NC(=O)CN1C(=O)C(=O)N(C(C)C)C1=O. The topological polar surface area (TPSA) is 113 Å². The Morgan fingerprint density at radius 3 is 2.21 bits per heavy atom. The van der Waals surface area contributed by atoms with Crippen molar-refractivity contribution in [3.63, 3.8) is 0 Å². The summed E-state index contributed by atoms with van der Waals surface area (Å²) in [4.78, 5) is 58.2. The number of ether oxygens (including phenoxy) is 1. The van der Waals surface area contributed by atoms with Gasteiger partial charge in [-0.05, 0) is 13.8 Å². The number of imide groups is 3. The van der Waals surface area contributed by atoms with Gasteiger partial charge in [-0.15, -0.1) is 0 Å². The molecule has 0 aliphatic carbocycles. The van der Waals surface area contributed by atoms with Crippen molar-refractivity contribution < 1.29 is 28.7 Å². The van der Waals surface area contributed by atoms with Gasteiger partial charge in [-0.1, -0.05) is 0 Å². The molecule has 1 rings (SSSR count). The summed E-state index contributed by atoms with van der Waals surface area (Å²) in [7, 11) is 1.05. The molecule has 1 fully saturated rings. The van der Waals surface area contributed by atoms with Crippen molar-refractivity contribution in [2.45, 2.75) is 19.9 Å². The Kier molecular flexibility index (Phi) is 4.20. The molecule has 9 heteroatoms. The van der Waals surface area contributed by atoms with E-state index >= 15 is 0 Å². The number of methoxy groups -OCH3 is 1. The van der Waals surface area contributed by atoms with Crippen molar-refractivity contribution in [2.75, 3.05) is 13.7 Å². The van der Waals surface area contributed by atoms with E-state index in [9.17, 15) is 24.0 Å². The van der Waals surface area contributed by atoms with Gasteiger partial charge in [0.2, 0.25) is 5.91 Å². The van der Waals surface area contributed by atoms with E-state index in [0.717, 1.165) is 12.0 Å². The van der Waals surface area contributed by atoms with Gasteiger partial charge in [0.15, 0.2) is 0 Å². The van der Waals surface area contributed by atoms with Crippen LogP contribution in [0.1, 0.15) is 13.8 Å². The second-order valence-corrected chi connectivity index (χ2v) is 3.98. The first-order valence-corrected chi connectivity index (χ1v) is 5.36. The second kappa shape index (κ2) is 5.46. The zero-order chi connectivity index (χ0) is 14.7. The lowest BCUT2D eigenvalue weighted by Crippen LogP contribution is -2.44. The number of rotatable bonds is 3. The van der Waals surface area contributed by atoms with E-state index in [1.807, 2.05) is 0 Å². The van der Waals surface area contributed by atoms with Crippen LogP contribution in [-0.4, -0.2) is 59.3 Å². The number of nitrogens with zero attached hydrogens (tertiary/aromatic N) is 2. The van der Waals surface area contributed by atoms with Crippen molar-refractivity contribution in [1.82, 2.24) is 15.1 Å². The molecule has 0 aromatic heterocycles. The minimum absolute atomic E-state index is 0.473. The summed E-state index contributed by atoms with van der Waals surface area (Å²) < 4.78 is 4.18. The summed E-state index contributed by atoms with van der Waals surface area (Å²) >= 11 is 0.